The van der Waals surface area contributed by atoms with Crippen LogP contribution in [-0.2, 0) is 20.7 Å². The van der Waals surface area contributed by atoms with Crippen molar-refractivity contribution in [1.29, 1.82) is 0 Å². The second-order valence-corrected chi connectivity index (χ2v) is 8.41. The number of nitrogens with zero attached hydrogens (tertiary/aromatic N) is 3. The van der Waals surface area contributed by atoms with Crippen LogP contribution in [0, 0.1) is 19.8 Å². The van der Waals surface area contributed by atoms with E-state index in [4.69, 9.17) is 9.26 Å². The van der Waals surface area contributed by atoms with Crippen LogP contribution < -0.4 is 0 Å². The fraction of sp³-hybridized carbons (Fsp3) is 0.750. The molecule has 3 fully saturated rings. The van der Waals surface area contributed by atoms with Crippen molar-refractivity contribution in [3.63, 3.8) is 0 Å². The Balaban J connectivity index is 1.22. The standard InChI is InChI=1S/C20H29N3O4/c1-14-17(15(2)27-21-14)5-6-18(24)23-12-20(13-23)10-16(11-26-20)9-19(25)22-7-3-4-8-22/h16H,3-13H2,1-2H3. The van der Waals surface area contributed by atoms with E-state index in [0.29, 0.717) is 39.0 Å². The van der Waals surface area contributed by atoms with E-state index in [1.807, 2.05) is 23.6 Å². The number of carbonyl (C=O) groups excluding carboxylic acids is 2. The van der Waals surface area contributed by atoms with Crippen molar-refractivity contribution in [3.8, 4) is 0 Å². The lowest BCUT2D eigenvalue weighted by Gasteiger charge is -2.47. The third kappa shape index (κ3) is 3.74. The van der Waals surface area contributed by atoms with Crippen LogP contribution in [0.15, 0.2) is 4.52 Å². The van der Waals surface area contributed by atoms with Gasteiger partial charge in [-0.25, -0.2) is 0 Å². The molecule has 4 rings (SSSR count). The van der Waals surface area contributed by atoms with Gasteiger partial charge in [-0.3, -0.25) is 9.59 Å². The van der Waals surface area contributed by atoms with Crippen molar-refractivity contribution >= 4 is 11.8 Å². The van der Waals surface area contributed by atoms with E-state index in [-0.39, 0.29) is 23.3 Å². The molecule has 27 heavy (non-hydrogen) atoms. The first-order valence-electron chi connectivity index (χ1n) is 10.1. The van der Waals surface area contributed by atoms with Gasteiger partial charge in [0.2, 0.25) is 11.8 Å². The first kappa shape index (κ1) is 18.5. The molecule has 7 heteroatoms. The van der Waals surface area contributed by atoms with Gasteiger partial charge in [-0.1, -0.05) is 5.16 Å². The van der Waals surface area contributed by atoms with Gasteiger partial charge in [0.05, 0.1) is 25.4 Å². The number of aromatic nitrogens is 1. The summed E-state index contributed by atoms with van der Waals surface area (Å²) in [6.45, 7) is 7.56. The maximum atomic E-state index is 12.5. The number of amides is 2. The van der Waals surface area contributed by atoms with Crippen molar-refractivity contribution in [3.05, 3.63) is 17.0 Å². The summed E-state index contributed by atoms with van der Waals surface area (Å²) in [7, 11) is 0. The Morgan fingerprint density at radius 3 is 2.56 bits per heavy atom. The van der Waals surface area contributed by atoms with Crippen molar-refractivity contribution in [2.75, 3.05) is 32.8 Å². The SMILES string of the molecule is Cc1noc(C)c1CCC(=O)N1CC2(CC(CC(=O)N3CCCC3)CO2)C1. The number of hydrogen-bond acceptors (Lipinski definition) is 5. The number of rotatable bonds is 5. The molecule has 2 amide bonds. The molecule has 0 aromatic carbocycles. The van der Waals surface area contributed by atoms with E-state index >= 15 is 0 Å². The lowest BCUT2D eigenvalue weighted by atomic mass is 9.85. The van der Waals surface area contributed by atoms with Gasteiger partial charge in [0, 0.05) is 31.5 Å². The second kappa shape index (κ2) is 7.26. The highest BCUT2D eigenvalue weighted by atomic mass is 16.5. The molecular formula is C20H29N3O4. The highest BCUT2D eigenvalue weighted by Crippen LogP contribution is 2.39. The van der Waals surface area contributed by atoms with Crippen LogP contribution in [0.25, 0.3) is 0 Å². The summed E-state index contributed by atoms with van der Waals surface area (Å²) < 4.78 is 11.2. The quantitative estimate of drug-likeness (QED) is 0.785. The minimum Gasteiger partial charge on any atom is -0.371 e. The lowest BCUT2D eigenvalue weighted by molar-refractivity contribution is -0.157. The highest BCUT2D eigenvalue weighted by molar-refractivity contribution is 5.78. The van der Waals surface area contributed by atoms with Gasteiger partial charge >= 0.3 is 0 Å². The van der Waals surface area contributed by atoms with Crippen LogP contribution in [0.4, 0.5) is 0 Å². The fourth-order valence-corrected chi connectivity index (χ4v) is 4.71. The van der Waals surface area contributed by atoms with Crippen LogP contribution >= 0.6 is 0 Å². The van der Waals surface area contributed by atoms with Crippen LogP contribution in [-0.4, -0.2) is 65.2 Å². The van der Waals surface area contributed by atoms with Gasteiger partial charge in [0.25, 0.3) is 0 Å². The molecule has 1 spiro atoms. The first-order chi connectivity index (χ1) is 13.0. The molecule has 1 atom stereocenters. The number of carbonyl (C=O) groups is 2. The van der Waals surface area contributed by atoms with Gasteiger partial charge in [0.1, 0.15) is 11.4 Å². The molecule has 1 aromatic heterocycles. The molecule has 0 N–H and O–H groups in total. The summed E-state index contributed by atoms with van der Waals surface area (Å²) in [5.41, 5.74) is 1.69. The topological polar surface area (TPSA) is 75.9 Å². The van der Waals surface area contributed by atoms with Gasteiger partial charge in [-0.05, 0) is 45.4 Å². The lowest BCUT2D eigenvalue weighted by Crippen LogP contribution is -2.63. The molecule has 4 heterocycles. The molecule has 0 radical (unpaired) electrons. The zero-order chi connectivity index (χ0) is 19.0. The zero-order valence-electron chi connectivity index (χ0n) is 16.3. The fourth-order valence-electron chi connectivity index (χ4n) is 4.71. The third-order valence-electron chi connectivity index (χ3n) is 6.29. The molecule has 148 valence electrons. The van der Waals surface area contributed by atoms with Crippen molar-refractivity contribution in [2.45, 2.75) is 58.0 Å². The van der Waals surface area contributed by atoms with E-state index in [2.05, 4.69) is 5.16 Å². The smallest absolute Gasteiger partial charge is 0.223 e. The summed E-state index contributed by atoms with van der Waals surface area (Å²) in [5, 5.41) is 3.94. The normalized spacial score (nSPS) is 23.9. The van der Waals surface area contributed by atoms with Crippen LogP contribution in [0.1, 0.15) is 49.1 Å². The molecule has 1 unspecified atom stereocenters. The monoisotopic (exact) mass is 375 g/mol. The summed E-state index contributed by atoms with van der Waals surface area (Å²) in [6, 6.07) is 0. The van der Waals surface area contributed by atoms with Crippen LogP contribution in [0.2, 0.25) is 0 Å². The number of aryl methyl sites for hydroxylation is 2. The molecule has 0 bridgehead atoms. The van der Waals surface area contributed by atoms with E-state index < -0.39 is 0 Å². The Labute approximate surface area is 160 Å². The summed E-state index contributed by atoms with van der Waals surface area (Å²) in [6.07, 6.45) is 4.86. The van der Waals surface area contributed by atoms with E-state index in [1.54, 1.807) is 0 Å². The Bertz CT molecular complexity index is 697. The Morgan fingerprint density at radius 2 is 1.89 bits per heavy atom. The Morgan fingerprint density at radius 1 is 1.15 bits per heavy atom. The van der Waals surface area contributed by atoms with Gasteiger partial charge in [0.15, 0.2) is 0 Å². The maximum absolute atomic E-state index is 12.5. The largest absolute Gasteiger partial charge is 0.371 e. The molecule has 0 saturated carbocycles. The summed E-state index contributed by atoms with van der Waals surface area (Å²) >= 11 is 0. The molecule has 3 aliphatic rings. The van der Waals surface area contributed by atoms with E-state index in [9.17, 15) is 9.59 Å². The van der Waals surface area contributed by atoms with Crippen molar-refractivity contribution in [1.82, 2.24) is 15.0 Å². The third-order valence-corrected chi connectivity index (χ3v) is 6.29. The zero-order valence-corrected chi connectivity index (χ0v) is 16.3. The summed E-state index contributed by atoms with van der Waals surface area (Å²) in [4.78, 5) is 28.7. The minimum absolute atomic E-state index is 0.154. The molecule has 1 aromatic rings. The average molecular weight is 375 g/mol. The van der Waals surface area contributed by atoms with Gasteiger partial charge in [-0.2, -0.15) is 0 Å². The molecule has 3 saturated heterocycles. The van der Waals surface area contributed by atoms with Gasteiger partial charge in [-0.15, -0.1) is 0 Å². The second-order valence-electron chi connectivity index (χ2n) is 8.41. The molecule has 0 aliphatic carbocycles. The Kier molecular flexibility index (Phi) is 4.97. The number of likely N-dealkylation sites (tertiary alicyclic amines) is 2. The van der Waals surface area contributed by atoms with Crippen LogP contribution in [0.5, 0.6) is 0 Å². The molecule has 7 nitrogen and oxygen atoms in total. The molecule has 3 aliphatic heterocycles. The van der Waals surface area contributed by atoms with E-state index in [0.717, 1.165) is 49.4 Å². The van der Waals surface area contributed by atoms with Crippen molar-refractivity contribution in [2.24, 2.45) is 5.92 Å². The van der Waals surface area contributed by atoms with Crippen molar-refractivity contribution < 1.29 is 18.8 Å². The highest BCUT2D eigenvalue weighted by Gasteiger charge is 2.51. The number of ether oxygens (including phenoxy) is 1. The maximum Gasteiger partial charge on any atom is 0.223 e. The average Bonchev–Trinajstić information content (AvgIpc) is 3.33. The Hall–Kier alpha value is -1.89. The predicted molar refractivity (Wildman–Crippen MR) is 98.1 cm³/mol. The van der Waals surface area contributed by atoms with E-state index in [1.165, 1.54) is 0 Å². The molecular weight excluding hydrogens is 346 g/mol. The first-order valence-corrected chi connectivity index (χ1v) is 10.1. The van der Waals surface area contributed by atoms with Gasteiger partial charge < -0.3 is 19.1 Å². The van der Waals surface area contributed by atoms with Crippen LogP contribution in [0.3, 0.4) is 0 Å². The number of hydrogen-bond donors (Lipinski definition) is 0. The predicted octanol–water partition coefficient (Wildman–Crippen LogP) is 1.85. The minimum atomic E-state index is -0.214. The summed E-state index contributed by atoms with van der Waals surface area (Å²) in [5.74, 6) is 1.51.